The molecule has 0 aliphatic rings. The van der Waals surface area contributed by atoms with Crippen LogP contribution in [0.3, 0.4) is 0 Å². The normalized spacial score (nSPS) is 14.1. The number of rotatable bonds is 7. The van der Waals surface area contributed by atoms with Gasteiger partial charge in [0.1, 0.15) is 9.84 Å². The second-order valence-corrected chi connectivity index (χ2v) is 7.00. The molecular formula is C12H23N3O2S. The van der Waals surface area contributed by atoms with Gasteiger partial charge in [0.15, 0.2) is 0 Å². The zero-order valence-electron chi connectivity index (χ0n) is 11.3. The molecule has 1 heterocycles. The first kappa shape index (κ1) is 15.2. The summed E-state index contributed by atoms with van der Waals surface area (Å²) in [5, 5.41) is 4.46. The number of nitrogens with two attached hydrogens (primary N) is 1. The van der Waals surface area contributed by atoms with E-state index in [1.807, 2.05) is 16.9 Å². The summed E-state index contributed by atoms with van der Waals surface area (Å²) in [6.45, 7) is 4.26. The van der Waals surface area contributed by atoms with Gasteiger partial charge in [-0.3, -0.25) is 4.68 Å². The Morgan fingerprint density at radius 2 is 2.00 bits per heavy atom. The van der Waals surface area contributed by atoms with Crippen LogP contribution in [0, 0.1) is 0 Å². The Morgan fingerprint density at radius 3 is 2.50 bits per heavy atom. The Morgan fingerprint density at radius 1 is 1.39 bits per heavy atom. The highest BCUT2D eigenvalue weighted by molar-refractivity contribution is 7.90. The smallest absolute Gasteiger partial charge is 0.148 e. The van der Waals surface area contributed by atoms with Crippen molar-refractivity contribution in [2.24, 2.45) is 5.73 Å². The molecule has 0 fully saturated rings. The minimum absolute atomic E-state index is 0.00481. The van der Waals surface area contributed by atoms with Gasteiger partial charge in [-0.25, -0.2) is 8.42 Å². The summed E-state index contributed by atoms with van der Waals surface area (Å²) in [4.78, 5) is 0. The molecule has 1 rings (SSSR count). The van der Waals surface area contributed by atoms with E-state index in [-0.39, 0.29) is 11.8 Å². The van der Waals surface area contributed by atoms with Gasteiger partial charge in [0.25, 0.3) is 0 Å². The topological polar surface area (TPSA) is 78.0 Å². The van der Waals surface area contributed by atoms with Gasteiger partial charge < -0.3 is 5.73 Å². The van der Waals surface area contributed by atoms with Gasteiger partial charge >= 0.3 is 0 Å². The summed E-state index contributed by atoms with van der Waals surface area (Å²) in [7, 11) is -3.02. The van der Waals surface area contributed by atoms with E-state index in [1.165, 1.54) is 6.26 Å². The molecule has 0 amide bonds. The quantitative estimate of drug-likeness (QED) is 0.808. The van der Waals surface area contributed by atoms with Gasteiger partial charge in [-0.15, -0.1) is 0 Å². The molecular weight excluding hydrogens is 250 g/mol. The Labute approximate surface area is 109 Å². The Balaban J connectivity index is 2.64. The van der Waals surface area contributed by atoms with E-state index in [0.29, 0.717) is 12.5 Å². The van der Waals surface area contributed by atoms with Crippen molar-refractivity contribution < 1.29 is 8.42 Å². The first-order chi connectivity index (χ1) is 8.35. The number of sulfone groups is 1. The molecule has 0 spiro atoms. The molecule has 2 N–H and O–H groups in total. The highest BCUT2D eigenvalue weighted by Gasteiger charge is 2.14. The van der Waals surface area contributed by atoms with Gasteiger partial charge in [0, 0.05) is 24.9 Å². The standard InChI is InChI=1S/C12H23N3O2S/c1-4-12(5-2)15-7-6-11(14-15)8-10(13)9-18(3,16)17/h6-7,10,12H,4-5,8-9,13H2,1-3H3. The van der Waals surface area contributed by atoms with Crippen molar-refractivity contribution >= 4 is 9.84 Å². The predicted molar refractivity (Wildman–Crippen MR) is 73.2 cm³/mol. The van der Waals surface area contributed by atoms with Gasteiger partial charge in [-0.05, 0) is 18.9 Å². The maximum absolute atomic E-state index is 11.1. The second-order valence-electron chi connectivity index (χ2n) is 4.81. The lowest BCUT2D eigenvalue weighted by molar-refractivity contribution is 0.424. The zero-order valence-corrected chi connectivity index (χ0v) is 12.2. The number of nitrogens with zero attached hydrogens (tertiary/aromatic N) is 2. The molecule has 0 radical (unpaired) electrons. The van der Waals surface area contributed by atoms with Crippen LogP contribution in [0.25, 0.3) is 0 Å². The van der Waals surface area contributed by atoms with Crippen LogP contribution >= 0.6 is 0 Å². The largest absolute Gasteiger partial charge is 0.326 e. The Hall–Kier alpha value is -0.880. The lowest BCUT2D eigenvalue weighted by atomic mass is 10.2. The molecule has 0 aromatic carbocycles. The summed E-state index contributed by atoms with van der Waals surface area (Å²) in [5.41, 5.74) is 6.67. The molecule has 0 bridgehead atoms. The fourth-order valence-electron chi connectivity index (χ4n) is 2.07. The molecule has 0 saturated heterocycles. The van der Waals surface area contributed by atoms with Crippen molar-refractivity contribution in [2.45, 2.75) is 45.2 Å². The molecule has 1 atom stereocenters. The van der Waals surface area contributed by atoms with E-state index < -0.39 is 9.84 Å². The Bertz CT molecular complexity index is 463. The van der Waals surface area contributed by atoms with Crippen molar-refractivity contribution in [1.29, 1.82) is 0 Å². The highest BCUT2D eigenvalue weighted by atomic mass is 32.2. The summed E-state index contributed by atoms with van der Waals surface area (Å²) in [6, 6.07) is 1.94. The summed E-state index contributed by atoms with van der Waals surface area (Å²) < 4.78 is 24.2. The molecule has 104 valence electrons. The highest BCUT2D eigenvalue weighted by Crippen LogP contribution is 2.14. The van der Waals surface area contributed by atoms with Crippen molar-refractivity contribution in [3.8, 4) is 0 Å². The minimum Gasteiger partial charge on any atom is -0.326 e. The zero-order chi connectivity index (χ0) is 13.8. The fraction of sp³-hybridized carbons (Fsp3) is 0.750. The fourth-order valence-corrected chi connectivity index (χ4v) is 2.96. The predicted octanol–water partition coefficient (Wildman–Crippen LogP) is 1.16. The number of aromatic nitrogens is 2. The van der Waals surface area contributed by atoms with Crippen molar-refractivity contribution in [1.82, 2.24) is 9.78 Å². The number of hydrogen-bond donors (Lipinski definition) is 1. The summed E-state index contributed by atoms with van der Waals surface area (Å²) in [6.07, 6.45) is 5.72. The molecule has 5 nitrogen and oxygen atoms in total. The van der Waals surface area contributed by atoms with Crippen molar-refractivity contribution in [3.05, 3.63) is 18.0 Å². The van der Waals surface area contributed by atoms with E-state index in [4.69, 9.17) is 5.73 Å². The molecule has 1 aromatic heterocycles. The minimum atomic E-state index is -3.02. The molecule has 6 heteroatoms. The molecule has 18 heavy (non-hydrogen) atoms. The molecule has 1 unspecified atom stereocenters. The van der Waals surface area contributed by atoms with E-state index in [2.05, 4.69) is 18.9 Å². The third-order valence-corrected chi connectivity index (χ3v) is 4.00. The molecule has 0 aliphatic heterocycles. The van der Waals surface area contributed by atoms with E-state index in [9.17, 15) is 8.42 Å². The van der Waals surface area contributed by atoms with Crippen LogP contribution in [0.4, 0.5) is 0 Å². The van der Waals surface area contributed by atoms with Gasteiger partial charge in [0.05, 0.1) is 17.5 Å². The van der Waals surface area contributed by atoms with Crippen LogP contribution in [-0.2, 0) is 16.3 Å². The molecule has 0 aliphatic carbocycles. The van der Waals surface area contributed by atoms with Crippen LogP contribution in [0.2, 0.25) is 0 Å². The van der Waals surface area contributed by atoms with Gasteiger partial charge in [-0.1, -0.05) is 13.8 Å². The van der Waals surface area contributed by atoms with Gasteiger partial charge in [0.2, 0.25) is 0 Å². The van der Waals surface area contributed by atoms with Crippen LogP contribution < -0.4 is 5.73 Å². The lowest BCUT2D eigenvalue weighted by Gasteiger charge is -2.13. The van der Waals surface area contributed by atoms with Gasteiger partial charge in [-0.2, -0.15) is 5.10 Å². The third kappa shape index (κ3) is 4.78. The average molecular weight is 273 g/mol. The average Bonchev–Trinajstić information content (AvgIpc) is 2.65. The lowest BCUT2D eigenvalue weighted by Crippen LogP contribution is -2.31. The van der Waals surface area contributed by atoms with Crippen LogP contribution in [0.15, 0.2) is 12.3 Å². The maximum Gasteiger partial charge on any atom is 0.148 e. The Kier molecular flexibility index (Phi) is 5.34. The van der Waals surface area contributed by atoms with Crippen molar-refractivity contribution in [2.75, 3.05) is 12.0 Å². The summed E-state index contributed by atoms with van der Waals surface area (Å²) in [5.74, 6) is 0.00481. The van der Waals surface area contributed by atoms with Crippen LogP contribution in [0.1, 0.15) is 38.4 Å². The van der Waals surface area contributed by atoms with Crippen LogP contribution in [-0.4, -0.2) is 36.2 Å². The first-order valence-electron chi connectivity index (χ1n) is 6.33. The monoisotopic (exact) mass is 273 g/mol. The first-order valence-corrected chi connectivity index (χ1v) is 8.39. The second kappa shape index (κ2) is 6.33. The number of hydrogen-bond acceptors (Lipinski definition) is 4. The third-order valence-electron chi connectivity index (χ3n) is 2.97. The van der Waals surface area contributed by atoms with E-state index in [0.717, 1.165) is 18.5 Å². The van der Waals surface area contributed by atoms with E-state index in [1.54, 1.807) is 0 Å². The van der Waals surface area contributed by atoms with Crippen LogP contribution in [0.5, 0.6) is 0 Å². The molecule has 0 saturated carbocycles. The molecule has 1 aromatic rings. The van der Waals surface area contributed by atoms with E-state index >= 15 is 0 Å². The SMILES string of the molecule is CCC(CC)n1ccc(CC(N)CS(C)(=O)=O)n1. The maximum atomic E-state index is 11.1. The van der Waals surface area contributed by atoms with Crippen molar-refractivity contribution in [3.63, 3.8) is 0 Å². The summed E-state index contributed by atoms with van der Waals surface area (Å²) >= 11 is 0.